The van der Waals surface area contributed by atoms with Crippen LogP contribution in [0.1, 0.15) is 67.8 Å². The molecular formula is C32H43N3O2. The lowest BCUT2D eigenvalue weighted by molar-refractivity contribution is 0.0376. The van der Waals surface area contributed by atoms with Gasteiger partial charge < -0.3 is 14.2 Å². The van der Waals surface area contributed by atoms with Gasteiger partial charge in [0.2, 0.25) is 0 Å². The molecular weight excluding hydrogens is 458 g/mol. The topological polar surface area (TPSA) is 37.7 Å². The van der Waals surface area contributed by atoms with Gasteiger partial charge in [-0.25, -0.2) is 0 Å². The van der Waals surface area contributed by atoms with E-state index < -0.39 is 0 Å². The summed E-state index contributed by atoms with van der Waals surface area (Å²) in [6, 6.07) is 16.8. The quantitative estimate of drug-likeness (QED) is 0.421. The standard InChI is InChI=1S/C32H43N3O2/c1-3-4-19-34-22-23-37-30-15-8-5-11-26(30)12-9-10-16-32(25-34)17-20-35(21-18-32)31(36)28-24-33(2)29-14-7-6-13-27(28)29/h5-8,11,13-15,24H,3-4,9-10,12,16-23,25H2,1-2H3. The summed E-state index contributed by atoms with van der Waals surface area (Å²) >= 11 is 0. The molecule has 0 aliphatic carbocycles. The minimum absolute atomic E-state index is 0.188. The molecule has 1 aromatic heterocycles. The van der Waals surface area contributed by atoms with Gasteiger partial charge in [0.25, 0.3) is 5.91 Å². The van der Waals surface area contributed by atoms with Crippen molar-refractivity contribution in [1.29, 1.82) is 0 Å². The van der Waals surface area contributed by atoms with Crippen molar-refractivity contribution in [2.75, 3.05) is 39.3 Å². The van der Waals surface area contributed by atoms with Crippen LogP contribution in [0.2, 0.25) is 0 Å². The fourth-order valence-electron chi connectivity index (χ4n) is 6.43. The summed E-state index contributed by atoms with van der Waals surface area (Å²) in [5, 5.41) is 1.06. The maximum Gasteiger partial charge on any atom is 0.256 e. The Balaban J connectivity index is 1.30. The number of nitrogens with zero attached hydrogens (tertiary/aromatic N) is 3. The summed E-state index contributed by atoms with van der Waals surface area (Å²) in [6.07, 6.45) is 11.4. The van der Waals surface area contributed by atoms with Crippen LogP contribution in [0.25, 0.3) is 10.9 Å². The third-order valence-electron chi connectivity index (χ3n) is 8.67. The molecule has 1 fully saturated rings. The summed E-state index contributed by atoms with van der Waals surface area (Å²) in [7, 11) is 2.03. The minimum atomic E-state index is 0.188. The zero-order chi connectivity index (χ0) is 25.7. The van der Waals surface area contributed by atoms with E-state index in [0.717, 1.165) is 80.8 Å². The Labute approximate surface area is 222 Å². The number of benzene rings is 2. The highest BCUT2D eigenvalue weighted by Gasteiger charge is 2.37. The number of likely N-dealkylation sites (tertiary alicyclic amines) is 1. The smallest absolute Gasteiger partial charge is 0.256 e. The summed E-state index contributed by atoms with van der Waals surface area (Å²) in [5.41, 5.74) is 3.58. The summed E-state index contributed by atoms with van der Waals surface area (Å²) in [6.45, 7) is 7.93. The molecule has 5 heteroatoms. The molecule has 5 rings (SSSR count). The predicted molar refractivity (Wildman–Crippen MR) is 151 cm³/mol. The lowest BCUT2D eigenvalue weighted by Crippen LogP contribution is -2.48. The first-order chi connectivity index (χ1) is 18.1. The molecule has 0 radical (unpaired) electrons. The Bertz CT molecular complexity index is 1190. The average Bonchev–Trinajstić information content (AvgIpc) is 3.26. The van der Waals surface area contributed by atoms with E-state index in [1.54, 1.807) is 0 Å². The van der Waals surface area contributed by atoms with E-state index in [9.17, 15) is 4.79 Å². The fraction of sp³-hybridized carbons (Fsp3) is 0.531. The molecule has 3 aromatic rings. The lowest BCUT2D eigenvalue weighted by Gasteiger charge is -2.45. The summed E-state index contributed by atoms with van der Waals surface area (Å²) in [5.74, 6) is 1.25. The van der Waals surface area contributed by atoms with E-state index in [4.69, 9.17) is 4.74 Å². The van der Waals surface area contributed by atoms with E-state index in [1.807, 2.05) is 25.4 Å². The highest BCUT2D eigenvalue weighted by Crippen LogP contribution is 2.39. The number of hydrogen-bond donors (Lipinski definition) is 0. The zero-order valence-electron chi connectivity index (χ0n) is 22.8. The molecule has 37 heavy (non-hydrogen) atoms. The highest BCUT2D eigenvalue weighted by atomic mass is 16.5. The van der Waals surface area contributed by atoms with Gasteiger partial charge in [-0.2, -0.15) is 0 Å². The molecule has 0 saturated carbocycles. The van der Waals surface area contributed by atoms with Gasteiger partial charge in [0.1, 0.15) is 12.4 Å². The van der Waals surface area contributed by atoms with Crippen LogP contribution in [0.5, 0.6) is 5.75 Å². The Hall–Kier alpha value is -2.79. The molecule has 0 atom stereocenters. The minimum Gasteiger partial charge on any atom is -0.492 e. The molecule has 198 valence electrons. The maximum atomic E-state index is 13.6. The average molecular weight is 502 g/mol. The number of amides is 1. The third-order valence-corrected chi connectivity index (χ3v) is 8.67. The second-order valence-corrected chi connectivity index (χ2v) is 11.3. The first kappa shape index (κ1) is 25.8. The molecule has 1 amide bonds. The van der Waals surface area contributed by atoms with Crippen LogP contribution in [0, 0.1) is 5.41 Å². The molecule has 2 aliphatic heterocycles. The van der Waals surface area contributed by atoms with Gasteiger partial charge in [-0.1, -0.05) is 56.2 Å². The van der Waals surface area contributed by atoms with E-state index in [-0.39, 0.29) is 11.3 Å². The van der Waals surface area contributed by atoms with Gasteiger partial charge in [0.15, 0.2) is 0 Å². The number of para-hydroxylation sites is 2. The molecule has 0 N–H and O–H groups in total. The number of aryl methyl sites for hydroxylation is 2. The van der Waals surface area contributed by atoms with E-state index in [2.05, 4.69) is 57.7 Å². The monoisotopic (exact) mass is 501 g/mol. The van der Waals surface area contributed by atoms with Crippen LogP contribution >= 0.6 is 0 Å². The Morgan fingerprint density at radius 2 is 1.76 bits per heavy atom. The molecule has 1 spiro atoms. The van der Waals surface area contributed by atoms with Crippen molar-refractivity contribution in [2.24, 2.45) is 12.5 Å². The van der Waals surface area contributed by atoms with Gasteiger partial charge >= 0.3 is 0 Å². The number of fused-ring (bicyclic) bond motifs is 2. The fourth-order valence-corrected chi connectivity index (χ4v) is 6.43. The number of rotatable bonds is 4. The van der Waals surface area contributed by atoms with Crippen LogP contribution in [-0.4, -0.2) is 59.6 Å². The largest absolute Gasteiger partial charge is 0.492 e. The zero-order valence-corrected chi connectivity index (χ0v) is 22.8. The Morgan fingerprint density at radius 3 is 2.59 bits per heavy atom. The Kier molecular flexibility index (Phi) is 8.19. The summed E-state index contributed by atoms with van der Waals surface area (Å²) in [4.78, 5) is 18.4. The van der Waals surface area contributed by atoms with Crippen LogP contribution in [0.4, 0.5) is 0 Å². The van der Waals surface area contributed by atoms with E-state index in [0.29, 0.717) is 0 Å². The number of carbonyl (C=O) groups is 1. The number of hydrogen-bond acceptors (Lipinski definition) is 3. The number of carbonyl (C=O) groups excluding carboxylic acids is 1. The highest BCUT2D eigenvalue weighted by molar-refractivity contribution is 6.07. The first-order valence-electron chi connectivity index (χ1n) is 14.3. The van der Waals surface area contributed by atoms with Crippen molar-refractivity contribution >= 4 is 16.8 Å². The molecule has 2 aliphatic rings. The third kappa shape index (κ3) is 5.87. The van der Waals surface area contributed by atoms with Gasteiger partial charge in [-0.3, -0.25) is 9.69 Å². The predicted octanol–water partition coefficient (Wildman–Crippen LogP) is 6.31. The molecule has 1 saturated heterocycles. The molecule has 2 aromatic carbocycles. The van der Waals surface area contributed by atoms with Crippen LogP contribution in [0.3, 0.4) is 0 Å². The lowest BCUT2D eigenvalue weighted by atomic mass is 9.73. The normalized spacial score (nSPS) is 19.1. The van der Waals surface area contributed by atoms with Crippen LogP contribution in [-0.2, 0) is 13.5 Å². The van der Waals surface area contributed by atoms with E-state index >= 15 is 0 Å². The Morgan fingerprint density at radius 1 is 0.973 bits per heavy atom. The molecule has 5 nitrogen and oxygen atoms in total. The number of aromatic nitrogens is 1. The van der Waals surface area contributed by atoms with Crippen molar-refractivity contribution in [3.05, 3.63) is 65.9 Å². The van der Waals surface area contributed by atoms with Crippen molar-refractivity contribution < 1.29 is 9.53 Å². The maximum absolute atomic E-state index is 13.6. The second-order valence-electron chi connectivity index (χ2n) is 11.3. The SMILES string of the molecule is CCCCN1CCOc2ccccc2CCCCC2(CCN(C(=O)c3cn(C)c4ccccc34)CC2)C1. The number of piperidine rings is 1. The number of unbranched alkanes of at least 4 members (excludes halogenated alkanes) is 1. The molecule has 0 unspecified atom stereocenters. The summed E-state index contributed by atoms with van der Waals surface area (Å²) < 4.78 is 8.36. The van der Waals surface area contributed by atoms with Crippen LogP contribution < -0.4 is 4.74 Å². The van der Waals surface area contributed by atoms with Crippen molar-refractivity contribution in [2.45, 2.75) is 58.3 Å². The second kappa shape index (κ2) is 11.7. The van der Waals surface area contributed by atoms with Crippen LogP contribution in [0.15, 0.2) is 54.7 Å². The molecule has 0 bridgehead atoms. The first-order valence-corrected chi connectivity index (χ1v) is 14.3. The van der Waals surface area contributed by atoms with Gasteiger partial charge in [-0.15, -0.1) is 0 Å². The molecule has 3 heterocycles. The van der Waals surface area contributed by atoms with Gasteiger partial charge in [0.05, 0.1) is 5.56 Å². The van der Waals surface area contributed by atoms with Gasteiger partial charge in [0, 0.05) is 50.3 Å². The van der Waals surface area contributed by atoms with E-state index in [1.165, 1.54) is 37.7 Å². The number of ether oxygens (including phenoxy) is 1. The van der Waals surface area contributed by atoms with Gasteiger partial charge in [-0.05, 0) is 68.2 Å². The van der Waals surface area contributed by atoms with Crippen molar-refractivity contribution in [1.82, 2.24) is 14.4 Å². The van der Waals surface area contributed by atoms with Crippen molar-refractivity contribution in [3.8, 4) is 5.75 Å². The van der Waals surface area contributed by atoms with Crippen molar-refractivity contribution in [3.63, 3.8) is 0 Å².